The van der Waals surface area contributed by atoms with Crippen molar-refractivity contribution in [1.29, 1.82) is 0 Å². The van der Waals surface area contributed by atoms with E-state index >= 15 is 0 Å². The molecule has 0 aromatic heterocycles. The van der Waals surface area contributed by atoms with Gasteiger partial charge < -0.3 is 10.1 Å². The van der Waals surface area contributed by atoms with E-state index in [-0.39, 0.29) is 30.6 Å². The van der Waals surface area contributed by atoms with Crippen molar-refractivity contribution in [2.75, 3.05) is 7.11 Å². The molecule has 1 aromatic rings. The van der Waals surface area contributed by atoms with Crippen LogP contribution in [0.1, 0.15) is 68.6 Å². The first-order chi connectivity index (χ1) is 13.0. The first kappa shape index (κ1) is 18.5. The van der Waals surface area contributed by atoms with Gasteiger partial charge in [-0.1, -0.05) is 0 Å². The zero-order valence-corrected chi connectivity index (χ0v) is 16.5. The largest absolute Gasteiger partial charge is 0.497 e. The Morgan fingerprint density at radius 3 is 2.11 bits per heavy atom. The molecule has 1 amide bonds. The fraction of sp³-hybridized carbons (Fsp3) is 0.652. The molecule has 4 aliphatic rings. The number of hydrogen-bond acceptors (Lipinski definition) is 3. The van der Waals surface area contributed by atoms with Gasteiger partial charge in [0.15, 0.2) is 5.78 Å². The summed E-state index contributed by atoms with van der Waals surface area (Å²) in [4.78, 5) is 24.8. The average molecular weight is 370 g/mol. The van der Waals surface area contributed by atoms with Crippen LogP contribution in [0.5, 0.6) is 5.75 Å². The van der Waals surface area contributed by atoms with Gasteiger partial charge in [-0.05, 0) is 92.9 Å². The molecule has 4 fully saturated rings. The maximum absolute atomic E-state index is 12.5. The molecule has 0 spiro atoms. The number of amides is 1. The number of nitrogens with one attached hydrogen (secondary N) is 1. The Balaban J connectivity index is 1.29. The second-order valence-electron chi connectivity index (χ2n) is 9.22. The van der Waals surface area contributed by atoms with E-state index in [9.17, 15) is 9.59 Å². The van der Waals surface area contributed by atoms with Crippen LogP contribution in [0.3, 0.4) is 0 Å². The molecule has 0 saturated heterocycles. The highest BCUT2D eigenvalue weighted by molar-refractivity contribution is 5.98. The van der Waals surface area contributed by atoms with E-state index in [0.717, 1.165) is 23.5 Å². The fourth-order valence-corrected chi connectivity index (χ4v) is 6.32. The minimum Gasteiger partial charge on any atom is -0.497 e. The number of Topliss-reactive ketones (excluding diaryl/α,β-unsaturated/α-hetero) is 1. The van der Waals surface area contributed by atoms with Crippen LogP contribution in [0, 0.1) is 23.2 Å². The zero-order valence-electron chi connectivity index (χ0n) is 16.5. The summed E-state index contributed by atoms with van der Waals surface area (Å²) < 4.78 is 5.12. The standard InChI is InChI=1S/C23H31NO3/c1-15(23-12-16-9-17(13-23)11-18(10-16)14-23)24-22(26)8-7-21(25)19-3-5-20(27-2)6-4-19/h3-6,15-18H,7-14H2,1-2H3,(H,24,26). The van der Waals surface area contributed by atoms with Gasteiger partial charge in [-0.3, -0.25) is 9.59 Å². The van der Waals surface area contributed by atoms with Gasteiger partial charge in [-0.15, -0.1) is 0 Å². The summed E-state index contributed by atoms with van der Waals surface area (Å²) in [5.41, 5.74) is 0.947. The fourth-order valence-electron chi connectivity index (χ4n) is 6.32. The number of methoxy groups -OCH3 is 1. The van der Waals surface area contributed by atoms with E-state index in [1.54, 1.807) is 31.4 Å². The van der Waals surface area contributed by atoms with Gasteiger partial charge in [0.2, 0.25) is 5.91 Å². The molecule has 1 aromatic carbocycles. The molecule has 0 aliphatic heterocycles. The molecule has 0 radical (unpaired) electrons. The zero-order chi connectivity index (χ0) is 19.0. The van der Waals surface area contributed by atoms with Crippen LogP contribution < -0.4 is 10.1 Å². The van der Waals surface area contributed by atoms with Gasteiger partial charge >= 0.3 is 0 Å². The van der Waals surface area contributed by atoms with Gasteiger partial charge in [0.25, 0.3) is 0 Å². The summed E-state index contributed by atoms with van der Waals surface area (Å²) >= 11 is 0. The topological polar surface area (TPSA) is 55.4 Å². The Kier molecular flexibility index (Phi) is 5.00. The molecule has 5 rings (SSSR count). The third-order valence-electron chi connectivity index (χ3n) is 7.37. The molecule has 1 atom stereocenters. The lowest BCUT2D eigenvalue weighted by atomic mass is 9.48. The lowest BCUT2D eigenvalue weighted by Crippen LogP contribution is -2.55. The maximum Gasteiger partial charge on any atom is 0.220 e. The minimum atomic E-state index is 0.00950. The third-order valence-corrected chi connectivity index (χ3v) is 7.37. The summed E-state index contributed by atoms with van der Waals surface area (Å²) in [6.45, 7) is 2.19. The molecule has 4 heteroatoms. The van der Waals surface area contributed by atoms with E-state index in [4.69, 9.17) is 4.74 Å². The predicted molar refractivity (Wildman–Crippen MR) is 105 cm³/mol. The minimum absolute atomic E-state index is 0.00950. The number of hydrogen-bond donors (Lipinski definition) is 1. The number of carbonyl (C=O) groups excluding carboxylic acids is 2. The SMILES string of the molecule is COc1ccc(C(=O)CCC(=O)NC(C)C23CC4CC(CC(C4)C2)C3)cc1. The van der Waals surface area contributed by atoms with Gasteiger partial charge in [-0.2, -0.15) is 0 Å². The molecule has 4 aliphatic carbocycles. The molecular formula is C23H31NO3. The van der Waals surface area contributed by atoms with Crippen molar-refractivity contribution < 1.29 is 14.3 Å². The van der Waals surface area contributed by atoms with Crippen LogP contribution in [0.2, 0.25) is 0 Å². The highest BCUT2D eigenvalue weighted by Gasteiger charge is 2.53. The molecule has 0 heterocycles. The highest BCUT2D eigenvalue weighted by Crippen LogP contribution is 2.61. The first-order valence-electron chi connectivity index (χ1n) is 10.4. The lowest BCUT2D eigenvalue weighted by Gasteiger charge is -2.59. The van der Waals surface area contributed by atoms with Crippen LogP contribution in [0.4, 0.5) is 0 Å². The third kappa shape index (κ3) is 3.76. The average Bonchev–Trinajstić information content (AvgIpc) is 2.65. The predicted octanol–water partition coefficient (Wildman–Crippen LogP) is 4.38. The summed E-state index contributed by atoms with van der Waals surface area (Å²) in [6.07, 6.45) is 8.61. The summed E-state index contributed by atoms with van der Waals surface area (Å²) in [7, 11) is 1.60. The maximum atomic E-state index is 12.5. The van der Waals surface area contributed by atoms with E-state index < -0.39 is 0 Å². The number of ether oxygens (including phenoxy) is 1. The van der Waals surface area contributed by atoms with Crippen molar-refractivity contribution >= 4 is 11.7 Å². The summed E-state index contributed by atoms with van der Waals surface area (Å²) in [6, 6.07) is 7.30. The van der Waals surface area contributed by atoms with Crippen molar-refractivity contribution in [1.82, 2.24) is 5.32 Å². The van der Waals surface area contributed by atoms with Crippen LogP contribution in [0.25, 0.3) is 0 Å². The Bertz CT molecular complexity index is 674. The van der Waals surface area contributed by atoms with Crippen molar-refractivity contribution in [3.05, 3.63) is 29.8 Å². The Hall–Kier alpha value is -1.84. The van der Waals surface area contributed by atoms with Crippen molar-refractivity contribution in [3.8, 4) is 5.75 Å². The summed E-state index contributed by atoms with van der Waals surface area (Å²) in [5, 5.41) is 3.25. The molecule has 1 N–H and O–H groups in total. The smallest absolute Gasteiger partial charge is 0.220 e. The van der Waals surface area contributed by atoms with Gasteiger partial charge in [0.05, 0.1) is 7.11 Å². The molecular weight excluding hydrogens is 338 g/mol. The van der Waals surface area contributed by atoms with E-state index in [2.05, 4.69) is 12.2 Å². The lowest BCUT2D eigenvalue weighted by molar-refractivity contribution is -0.125. The van der Waals surface area contributed by atoms with E-state index in [1.165, 1.54) is 38.5 Å². The van der Waals surface area contributed by atoms with Gasteiger partial charge in [0, 0.05) is 24.4 Å². The first-order valence-corrected chi connectivity index (χ1v) is 10.4. The van der Waals surface area contributed by atoms with Gasteiger partial charge in [-0.25, -0.2) is 0 Å². The van der Waals surface area contributed by atoms with Crippen molar-refractivity contribution in [3.63, 3.8) is 0 Å². The molecule has 146 valence electrons. The number of rotatable bonds is 7. The van der Waals surface area contributed by atoms with Crippen molar-refractivity contribution in [2.45, 2.75) is 64.3 Å². The summed E-state index contributed by atoms with van der Waals surface area (Å²) in [5.74, 6) is 3.40. The molecule has 4 saturated carbocycles. The van der Waals surface area contributed by atoms with E-state index in [0.29, 0.717) is 11.0 Å². The molecule has 1 unspecified atom stereocenters. The molecule has 27 heavy (non-hydrogen) atoms. The normalized spacial score (nSPS) is 32.1. The van der Waals surface area contributed by atoms with Crippen LogP contribution in [-0.2, 0) is 4.79 Å². The Labute approximate surface area is 162 Å². The second-order valence-corrected chi connectivity index (χ2v) is 9.22. The van der Waals surface area contributed by atoms with Crippen LogP contribution in [0.15, 0.2) is 24.3 Å². The second kappa shape index (κ2) is 7.29. The quantitative estimate of drug-likeness (QED) is 0.726. The Morgan fingerprint density at radius 2 is 1.59 bits per heavy atom. The Morgan fingerprint density at radius 1 is 1.04 bits per heavy atom. The van der Waals surface area contributed by atoms with Gasteiger partial charge in [0.1, 0.15) is 5.75 Å². The number of carbonyl (C=O) groups is 2. The molecule has 4 nitrogen and oxygen atoms in total. The monoisotopic (exact) mass is 369 g/mol. The number of ketones is 1. The van der Waals surface area contributed by atoms with Crippen LogP contribution >= 0.6 is 0 Å². The van der Waals surface area contributed by atoms with Crippen LogP contribution in [-0.4, -0.2) is 24.8 Å². The molecule has 4 bridgehead atoms. The van der Waals surface area contributed by atoms with Crippen molar-refractivity contribution in [2.24, 2.45) is 23.2 Å². The van der Waals surface area contributed by atoms with E-state index in [1.807, 2.05) is 0 Å². The number of benzene rings is 1. The highest BCUT2D eigenvalue weighted by atomic mass is 16.5.